The van der Waals surface area contributed by atoms with Crippen LogP contribution >= 0.6 is 22.9 Å². The zero-order valence-electron chi connectivity index (χ0n) is 16.3. The van der Waals surface area contributed by atoms with Gasteiger partial charge in [-0.1, -0.05) is 36.7 Å². The number of H-pyrrole nitrogens is 1. The lowest BCUT2D eigenvalue weighted by molar-refractivity contribution is 0.102. The van der Waals surface area contributed by atoms with Crippen LogP contribution in [0, 0.1) is 6.92 Å². The van der Waals surface area contributed by atoms with E-state index in [1.165, 1.54) is 16.0 Å². The van der Waals surface area contributed by atoms with Crippen LogP contribution in [0.5, 0.6) is 0 Å². The highest BCUT2D eigenvalue weighted by atomic mass is 35.5. The number of thiophene rings is 1. The predicted octanol–water partition coefficient (Wildman–Crippen LogP) is 4.46. The third-order valence-electron chi connectivity index (χ3n) is 4.61. The Morgan fingerprint density at radius 1 is 1.27 bits per heavy atom. The summed E-state index contributed by atoms with van der Waals surface area (Å²) in [7, 11) is 0. The van der Waals surface area contributed by atoms with Crippen molar-refractivity contribution in [3.63, 3.8) is 0 Å². The Morgan fingerprint density at radius 2 is 2.07 bits per heavy atom. The Labute approximate surface area is 181 Å². The molecule has 0 aliphatic rings. The zero-order chi connectivity index (χ0) is 21.3. The van der Waals surface area contributed by atoms with Crippen LogP contribution in [0.2, 0.25) is 5.02 Å². The van der Waals surface area contributed by atoms with E-state index in [0.29, 0.717) is 39.8 Å². The van der Waals surface area contributed by atoms with Crippen molar-refractivity contribution in [2.75, 3.05) is 5.32 Å². The van der Waals surface area contributed by atoms with E-state index in [9.17, 15) is 9.59 Å². The van der Waals surface area contributed by atoms with Gasteiger partial charge in [-0.15, -0.1) is 11.3 Å². The normalized spacial score (nSPS) is 10.9. The number of benzene rings is 1. The second kappa shape index (κ2) is 8.25. The smallest absolute Gasteiger partial charge is 0.258 e. The van der Waals surface area contributed by atoms with Gasteiger partial charge in [-0.05, 0) is 36.9 Å². The molecule has 9 heteroatoms. The summed E-state index contributed by atoms with van der Waals surface area (Å²) in [5, 5.41) is 9.70. The van der Waals surface area contributed by atoms with Crippen LogP contribution in [0.4, 0.5) is 5.82 Å². The van der Waals surface area contributed by atoms with E-state index in [4.69, 9.17) is 11.6 Å². The summed E-state index contributed by atoms with van der Waals surface area (Å²) in [5.41, 5.74) is 2.00. The molecule has 3 aromatic heterocycles. The van der Waals surface area contributed by atoms with E-state index < -0.39 is 0 Å². The molecule has 0 fully saturated rings. The number of amides is 1. The number of hydrogen-bond donors (Lipinski definition) is 2. The minimum Gasteiger partial charge on any atom is -0.306 e. The first-order chi connectivity index (χ1) is 14.5. The van der Waals surface area contributed by atoms with Gasteiger partial charge in [0.05, 0.1) is 15.5 Å². The quantitative estimate of drug-likeness (QED) is 0.480. The standard InChI is InChI=1S/C21H18ClN5O2S/c1-3-13-12(2)23-21(25-19(13)28)27-18(11-16(26-27)17-9-6-10-30-17)24-20(29)14-7-4-5-8-15(14)22/h4-11H,3H2,1-2H3,(H,24,29)(H,23,25,28). The highest BCUT2D eigenvalue weighted by Gasteiger charge is 2.19. The summed E-state index contributed by atoms with van der Waals surface area (Å²) in [4.78, 5) is 33.5. The molecule has 0 radical (unpaired) electrons. The van der Waals surface area contributed by atoms with Crippen molar-refractivity contribution in [3.8, 4) is 16.5 Å². The van der Waals surface area contributed by atoms with Crippen molar-refractivity contribution < 1.29 is 4.79 Å². The lowest BCUT2D eigenvalue weighted by Gasteiger charge is -2.10. The lowest BCUT2D eigenvalue weighted by Crippen LogP contribution is -2.22. The molecule has 0 saturated carbocycles. The summed E-state index contributed by atoms with van der Waals surface area (Å²) in [6.07, 6.45) is 0.574. The first kappa shape index (κ1) is 20.1. The first-order valence-corrected chi connectivity index (χ1v) is 10.5. The first-order valence-electron chi connectivity index (χ1n) is 9.28. The van der Waals surface area contributed by atoms with Crippen LogP contribution in [-0.2, 0) is 6.42 Å². The molecule has 1 aromatic carbocycles. The Hall–Kier alpha value is -3.23. The Balaban J connectivity index is 1.81. The van der Waals surface area contributed by atoms with Crippen molar-refractivity contribution >= 4 is 34.7 Å². The van der Waals surface area contributed by atoms with Gasteiger partial charge in [0.15, 0.2) is 0 Å². The highest BCUT2D eigenvalue weighted by Crippen LogP contribution is 2.28. The summed E-state index contributed by atoms with van der Waals surface area (Å²) < 4.78 is 1.43. The summed E-state index contributed by atoms with van der Waals surface area (Å²) >= 11 is 7.68. The maximum atomic E-state index is 12.8. The Kier molecular flexibility index (Phi) is 5.52. The number of nitrogens with one attached hydrogen (secondary N) is 2. The molecule has 4 aromatic rings. The van der Waals surface area contributed by atoms with Gasteiger partial charge in [0.2, 0.25) is 5.95 Å². The van der Waals surface area contributed by atoms with E-state index in [0.717, 1.165) is 4.88 Å². The molecule has 1 amide bonds. The van der Waals surface area contributed by atoms with Crippen molar-refractivity contribution in [2.24, 2.45) is 0 Å². The van der Waals surface area contributed by atoms with E-state index in [2.05, 4.69) is 20.4 Å². The third-order valence-corrected chi connectivity index (χ3v) is 5.83. The fourth-order valence-corrected chi connectivity index (χ4v) is 4.02. The maximum absolute atomic E-state index is 12.8. The van der Waals surface area contributed by atoms with Gasteiger partial charge in [0, 0.05) is 17.3 Å². The molecule has 2 N–H and O–H groups in total. The number of anilines is 1. The monoisotopic (exact) mass is 439 g/mol. The summed E-state index contributed by atoms with van der Waals surface area (Å²) in [5.74, 6) is 0.214. The van der Waals surface area contributed by atoms with Crippen LogP contribution in [0.25, 0.3) is 16.5 Å². The van der Waals surface area contributed by atoms with Gasteiger partial charge >= 0.3 is 0 Å². The average molecular weight is 440 g/mol. The van der Waals surface area contributed by atoms with Crippen LogP contribution in [-0.4, -0.2) is 25.7 Å². The van der Waals surface area contributed by atoms with Gasteiger partial charge in [0.1, 0.15) is 11.5 Å². The number of aromatic amines is 1. The largest absolute Gasteiger partial charge is 0.306 e. The fourth-order valence-electron chi connectivity index (χ4n) is 3.12. The topological polar surface area (TPSA) is 92.7 Å². The van der Waals surface area contributed by atoms with Crippen molar-refractivity contribution in [1.29, 1.82) is 0 Å². The highest BCUT2D eigenvalue weighted by molar-refractivity contribution is 7.13. The number of aromatic nitrogens is 4. The van der Waals surface area contributed by atoms with E-state index in [1.54, 1.807) is 37.3 Å². The second-order valence-corrected chi connectivity index (χ2v) is 7.90. The van der Waals surface area contributed by atoms with Crippen LogP contribution < -0.4 is 10.9 Å². The average Bonchev–Trinajstić information content (AvgIpc) is 3.38. The minimum atomic E-state index is -0.385. The molecule has 0 atom stereocenters. The zero-order valence-corrected chi connectivity index (χ0v) is 17.8. The molecule has 152 valence electrons. The summed E-state index contributed by atoms with van der Waals surface area (Å²) in [6, 6.07) is 12.4. The minimum absolute atomic E-state index is 0.225. The van der Waals surface area contributed by atoms with Crippen LogP contribution in [0.3, 0.4) is 0 Å². The molecule has 4 rings (SSSR count). The lowest BCUT2D eigenvalue weighted by atomic mass is 10.2. The van der Waals surface area contributed by atoms with E-state index in [1.807, 2.05) is 24.4 Å². The summed E-state index contributed by atoms with van der Waals surface area (Å²) in [6.45, 7) is 3.68. The number of nitrogens with zero attached hydrogens (tertiary/aromatic N) is 3. The Morgan fingerprint density at radius 3 is 2.73 bits per heavy atom. The molecule has 0 aliphatic heterocycles. The third kappa shape index (κ3) is 3.79. The van der Waals surface area contributed by atoms with Crippen molar-refractivity contribution in [2.45, 2.75) is 20.3 Å². The SMILES string of the molecule is CCc1c(C)nc(-n2nc(-c3cccs3)cc2NC(=O)c2ccccc2Cl)[nH]c1=O. The van der Waals surface area contributed by atoms with Crippen molar-refractivity contribution in [3.05, 3.63) is 80.0 Å². The maximum Gasteiger partial charge on any atom is 0.258 e. The molecule has 0 bridgehead atoms. The van der Waals surface area contributed by atoms with Gasteiger partial charge < -0.3 is 5.32 Å². The van der Waals surface area contributed by atoms with Gasteiger partial charge in [-0.25, -0.2) is 4.98 Å². The number of carbonyl (C=O) groups excluding carboxylic acids is 1. The molecule has 7 nitrogen and oxygen atoms in total. The number of rotatable bonds is 5. The van der Waals surface area contributed by atoms with Crippen LogP contribution in [0.15, 0.2) is 52.6 Å². The van der Waals surface area contributed by atoms with Crippen LogP contribution in [0.1, 0.15) is 28.5 Å². The Bertz CT molecular complexity index is 1280. The predicted molar refractivity (Wildman–Crippen MR) is 119 cm³/mol. The number of hydrogen-bond acceptors (Lipinski definition) is 5. The number of aryl methyl sites for hydroxylation is 1. The van der Waals surface area contributed by atoms with E-state index in [-0.39, 0.29) is 17.4 Å². The van der Waals surface area contributed by atoms with Gasteiger partial charge in [-0.2, -0.15) is 9.78 Å². The molecule has 0 saturated heterocycles. The number of halogens is 1. The fraction of sp³-hybridized carbons (Fsp3) is 0.143. The molecule has 3 heterocycles. The molecule has 0 spiro atoms. The molecular weight excluding hydrogens is 422 g/mol. The molecular formula is C21H18ClN5O2S. The number of carbonyl (C=O) groups is 1. The van der Waals surface area contributed by atoms with Gasteiger partial charge in [0.25, 0.3) is 11.5 Å². The molecule has 30 heavy (non-hydrogen) atoms. The van der Waals surface area contributed by atoms with Crippen molar-refractivity contribution in [1.82, 2.24) is 19.7 Å². The second-order valence-electron chi connectivity index (χ2n) is 6.54. The molecule has 0 aliphatic carbocycles. The van der Waals surface area contributed by atoms with E-state index >= 15 is 0 Å². The molecule has 0 unspecified atom stereocenters. The van der Waals surface area contributed by atoms with Gasteiger partial charge in [-0.3, -0.25) is 14.6 Å².